The summed E-state index contributed by atoms with van der Waals surface area (Å²) in [5.74, 6) is -1.05. The smallest absolute Gasteiger partial charge is 0.328 e. The molecule has 7 nitrogen and oxygen atoms in total. The molecule has 0 atom stereocenters. The first-order valence-corrected chi connectivity index (χ1v) is 8.08. The molecule has 2 rings (SSSR count). The molecule has 0 amide bonds. The number of nitrogens with zero attached hydrogens (tertiary/aromatic N) is 1. The average Bonchev–Trinajstić information content (AvgIpc) is 2.89. The monoisotopic (exact) mass is 420 g/mol. The number of halogens is 1. The summed E-state index contributed by atoms with van der Waals surface area (Å²) >= 11 is 1.99. The van der Waals surface area contributed by atoms with Crippen LogP contribution in [0.3, 0.4) is 0 Å². The van der Waals surface area contributed by atoms with Gasteiger partial charge < -0.3 is 9.63 Å². The molecule has 2 N–H and O–H groups in total. The van der Waals surface area contributed by atoms with Crippen LogP contribution in [0.2, 0.25) is 0 Å². The van der Waals surface area contributed by atoms with Crippen molar-refractivity contribution in [1.29, 1.82) is 0 Å². The maximum atomic E-state index is 12.2. The van der Waals surface area contributed by atoms with Crippen LogP contribution in [0, 0.1) is 3.57 Å². The van der Waals surface area contributed by atoms with Gasteiger partial charge in [-0.05, 0) is 52.4 Å². The Morgan fingerprint density at radius 3 is 2.76 bits per heavy atom. The van der Waals surface area contributed by atoms with Crippen LogP contribution >= 0.6 is 22.6 Å². The summed E-state index contributed by atoms with van der Waals surface area (Å²) in [4.78, 5) is 10.5. The summed E-state index contributed by atoms with van der Waals surface area (Å²) in [7, 11) is -3.82. The molecule has 1 heterocycles. The number of carboxylic acid groups (broad SMARTS) is 1. The molecule has 0 aliphatic carbocycles. The third-order valence-electron chi connectivity index (χ3n) is 2.36. The molecule has 1 aromatic carbocycles. The fourth-order valence-electron chi connectivity index (χ4n) is 1.44. The van der Waals surface area contributed by atoms with Crippen molar-refractivity contribution in [2.75, 3.05) is 4.72 Å². The van der Waals surface area contributed by atoms with Crippen molar-refractivity contribution < 1.29 is 22.8 Å². The molecule has 0 saturated heterocycles. The molecule has 0 bridgehead atoms. The van der Waals surface area contributed by atoms with Gasteiger partial charge in [-0.3, -0.25) is 4.72 Å². The van der Waals surface area contributed by atoms with E-state index in [1.165, 1.54) is 30.5 Å². The molecule has 0 aliphatic rings. The molecule has 0 saturated carbocycles. The predicted molar refractivity (Wildman–Crippen MR) is 83.1 cm³/mol. The normalized spacial score (nSPS) is 11.7. The number of nitrogens with one attached hydrogen (secondary N) is 1. The highest BCUT2D eigenvalue weighted by atomic mass is 127. The molecule has 0 fully saturated rings. The topological polar surface area (TPSA) is 110 Å². The summed E-state index contributed by atoms with van der Waals surface area (Å²) in [6, 6.07) is 5.75. The number of hydrogen-bond acceptors (Lipinski definition) is 5. The van der Waals surface area contributed by atoms with E-state index in [0.29, 0.717) is 5.56 Å². The highest BCUT2D eigenvalue weighted by Gasteiger charge is 2.16. The first-order valence-electron chi connectivity index (χ1n) is 5.52. The Morgan fingerprint density at radius 2 is 2.14 bits per heavy atom. The Kier molecular flexibility index (Phi) is 4.63. The van der Waals surface area contributed by atoms with Gasteiger partial charge in [-0.1, -0.05) is 5.16 Å². The molecule has 21 heavy (non-hydrogen) atoms. The molecule has 110 valence electrons. The fourth-order valence-corrected chi connectivity index (χ4v) is 2.98. The van der Waals surface area contributed by atoms with Gasteiger partial charge in [0.2, 0.25) is 0 Å². The Bertz CT molecular complexity index is 784. The largest absolute Gasteiger partial charge is 0.478 e. The van der Waals surface area contributed by atoms with E-state index in [2.05, 4.69) is 14.4 Å². The van der Waals surface area contributed by atoms with Crippen molar-refractivity contribution in [2.45, 2.75) is 4.90 Å². The van der Waals surface area contributed by atoms with E-state index in [1.54, 1.807) is 6.07 Å². The van der Waals surface area contributed by atoms with Gasteiger partial charge in [-0.15, -0.1) is 0 Å². The molecule has 0 spiro atoms. The number of aromatic nitrogens is 1. The van der Waals surface area contributed by atoms with E-state index >= 15 is 0 Å². The second-order valence-corrected chi connectivity index (χ2v) is 6.69. The SMILES string of the molecule is O=C(O)/C=C/c1cc(S(=O)(=O)Nc2ccon2)ccc1I. The van der Waals surface area contributed by atoms with Gasteiger partial charge in [0.1, 0.15) is 6.26 Å². The van der Waals surface area contributed by atoms with Gasteiger partial charge in [0.15, 0.2) is 5.82 Å². The number of sulfonamides is 1. The van der Waals surface area contributed by atoms with Gasteiger partial charge in [-0.25, -0.2) is 13.2 Å². The highest BCUT2D eigenvalue weighted by Crippen LogP contribution is 2.21. The molecule has 0 radical (unpaired) electrons. The van der Waals surface area contributed by atoms with Crippen LogP contribution in [-0.4, -0.2) is 24.7 Å². The summed E-state index contributed by atoms with van der Waals surface area (Å²) in [5.41, 5.74) is 0.487. The van der Waals surface area contributed by atoms with E-state index in [9.17, 15) is 13.2 Å². The number of aliphatic carboxylic acids is 1. The third-order valence-corrected chi connectivity index (χ3v) is 4.69. The zero-order valence-electron chi connectivity index (χ0n) is 10.4. The molecule has 0 unspecified atom stereocenters. The number of anilines is 1. The van der Waals surface area contributed by atoms with Crippen molar-refractivity contribution >= 4 is 50.5 Å². The van der Waals surface area contributed by atoms with E-state index in [-0.39, 0.29) is 10.7 Å². The molecule has 9 heteroatoms. The Morgan fingerprint density at radius 1 is 1.38 bits per heavy atom. The third kappa shape index (κ3) is 4.04. The first-order chi connectivity index (χ1) is 9.88. The summed E-state index contributed by atoms with van der Waals surface area (Å²) < 4.78 is 31.9. The van der Waals surface area contributed by atoms with Crippen molar-refractivity contribution in [3.05, 3.63) is 45.7 Å². The molecule has 1 aromatic heterocycles. The minimum atomic E-state index is -3.82. The lowest BCUT2D eigenvalue weighted by Crippen LogP contribution is -2.13. The van der Waals surface area contributed by atoms with Crippen molar-refractivity contribution in [3.63, 3.8) is 0 Å². The van der Waals surface area contributed by atoms with Gasteiger partial charge >= 0.3 is 5.97 Å². The average molecular weight is 420 g/mol. The highest BCUT2D eigenvalue weighted by molar-refractivity contribution is 14.1. The standard InChI is InChI=1S/C12H9IN2O5S/c13-10-3-2-9(7-8(10)1-4-12(16)17)21(18,19)15-11-5-6-20-14-11/h1-7H,(H,14,15)(H,16,17)/b4-1+. The van der Waals surface area contributed by atoms with Crippen molar-refractivity contribution in [1.82, 2.24) is 5.16 Å². The number of rotatable bonds is 5. The van der Waals surface area contributed by atoms with Crippen LogP contribution in [0.15, 0.2) is 46.0 Å². The quantitative estimate of drug-likeness (QED) is 0.567. The zero-order chi connectivity index (χ0) is 15.5. The number of carboxylic acids is 1. The van der Waals surface area contributed by atoms with E-state index in [4.69, 9.17) is 5.11 Å². The van der Waals surface area contributed by atoms with Gasteiger partial charge in [0.05, 0.1) is 4.90 Å². The van der Waals surface area contributed by atoms with E-state index in [0.717, 1.165) is 9.65 Å². The Balaban J connectivity index is 2.35. The lowest BCUT2D eigenvalue weighted by Gasteiger charge is -2.07. The predicted octanol–water partition coefficient (Wildman–Crippen LogP) is 2.18. The lowest BCUT2D eigenvalue weighted by molar-refractivity contribution is -0.131. The zero-order valence-corrected chi connectivity index (χ0v) is 13.3. The van der Waals surface area contributed by atoms with Crippen LogP contribution in [0.5, 0.6) is 0 Å². The molecule has 0 aliphatic heterocycles. The number of carbonyl (C=O) groups is 1. The minimum absolute atomic E-state index is 0.00375. The van der Waals surface area contributed by atoms with Crippen LogP contribution < -0.4 is 4.72 Å². The van der Waals surface area contributed by atoms with Crippen LogP contribution in [0.25, 0.3) is 6.08 Å². The molecular formula is C12H9IN2O5S. The second-order valence-electron chi connectivity index (χ2n) is 3.85. The Labute approximate surface area is 133 Å². The summed E-state index contributed by atoms with van der Waals surface area (Å²) in [5, 5.41) is 12.1. The van der Waals surface area contributed by atoms with Gasteiger partial charge in [0, 0.05) is 15.7 Å². The molecule has 2 aromatic rings. The number of hydrogen-bond donors (Lipinski definition) is 2. The van der Waals surface area contributed by atoms with Crippen molar-refractivity contribution in [2.24, 2.45) is 0 Å². The second kappa shape index (κ2) is 6.26. The van der Waals surface area contributed by atoms with Gasteiger partial charge in [0.25, 0.3) is 10.0 Å². The van der Waals surface area contributed by atoms with Crippen LogP contribution in [0.4, 0.5) is 5.82 Å². The maximum Gasteiger partial charge on any atom is 0.328 e. The Hall–Kier alpha value is -1.88. The summed E-state index contributed by atoms with van der Waals surface area (Å²) in [6.07, 6.45) is 3.52. The van der Waals surface area contributed by atoms with E-state index in [1.807, 2.05) is 22.6 Å². The molecular weight excluding hydrogens is 411 g/mol. The van der Waals surface area contributed by atoms with E-state index < -0.39 is 16.0 Å². The van der Waals surface area contributed by atoms with Crippen molar-refractivity contribution in [3.8, 4) is 0 Å². The lowest BCUT2D eigenvalue weighted by atomic mass is 10.2. The first kappa shape index (κ1) is 15.5. The number of benzene rings is 1. The fraction of sp³-hybridized carbons (Fsp3) is 0. The minimum Gasteiger partial charge on any atom is -0.478 e. The maximum absolute atomic E-state index is 12.2. The van der Waals surface area contributed by atoms with Crippen LogP contribution in [0.1, 0.15) is 5.56 Å². The van der Waals surface area contributed by atoms with Crippen LogP contribution in [-0.2, 0) is 14.8 Å². The van der Waals surface area contributed by atoms with Gasteiger partial charge in [-0.2, -0.15) is 0 Å². The summed E-state index contributed by atoms with van der Waals surface area (Å²) in [6.45, 7) is 0.